The number of amides is 2. The van der Waals surface area contributed by atoms with Crippen LogP contribution in [-0.4, -0.2) is 52.4 Å². The number of benzene rings is 2. The highest BCUT2D eigenvalue weighted by atomic mass is 16.5. The fraction of sp³-hybridized carbons (Fsp3) is 0.292. The summed E-state index contributed by atoms with van der Waals surface area (Å²) >= 11 is 0. The molecule has 2 amide bonds. The first-order valence-corrected chi connectivity index (χ1v) is 11.0. The number of nitrogens with zero attached hydrogens (tertiary/aromatic N) is 4. The molecule has 3 aromatic rings. The van der Waals surface area contributed by atoms with Crippen LogP contribution in [0, 0.1) is 0 Å². The number of anilines is 1. The van der Waals surface area contributed by atoms with Gasteiger partial charge in [0.25, 0.3) is 5.89 Å². The van der Waals surface area contributed by atoms with Gasteiger partial charge in [0.05, 0.1) is 18.9 Å². The lowest BCUT2D eigenvalue weighted by molar-refractivity contribution is -0.135. The molecule has 4 rings (SSSR count). The average Bonchev–Trinajstić information content (AvgIpc) is 3.33. The molecule has 0 radical (unpaired) electrons. The van der Waals surface area contributed by atoms with Crippen molar-refractivity contribution >= 4 is 23.2 Å². The van der Waals surface area contributed by atoms with Crippen LogP contribution in [0.25, 0.3) is 11.4 Å². The smallest absolute Gasteiger partial charge is 0.274 e. The molecule has 1 N–H and O–H groups in total. The first-order valence-electron chi connectivity index (χ1n) is 11.0. The Kier molecular flexibility index (Phi) is 7.16. The van der Waals surface area contributed by atoms with Crippen LogP contribution in [0.4, 0.5) is 5.69 Å². The van der Waals surface area contributed by atoms with E-state index >= 15 is 0 Å². The van der Waals surface area contributed by atoms with Crippen molar-refractivity contribution in [2.45, 2.75) is 26.7 Å². The molecule has 1 aromatic heterocycles. The maximum atomic E-state index is 12.8. The highest BCUT2D eigenvalue weighted by Crippen LogP contribution is 2.29. The summed E-state index contributed by atoms with van der Waals surface area (Å²) in [7, 11) is 0. The van der Waals surface area contributed by atoms with Crippen LogP contribution >= 0.6 is 0 Å². The van der Waals surface area contributed by atoms with Crippen molar-refractivity contribution in [1.29, 1.82) is 0 Å². The Balaban J connectivity index is 1.48. The zero-order chi connectivity index (χ0) is 23.9. The molecule has 0 fully saturated rings. The summed E-state index contributed by atoms with van der Waals surface area (Å²) in [6.45, 7) is 4.38. The molecule has 176 valence electrons. The Morgan fingerprint density at radius 2 is 1.88 bits per heavy atom. The summed E-state index contributed by atoms with van der Waals surface area (Å²) < 4.78 is 16.5. The number of rotatable bonds is 9. The molecule has 0 bridgehead atoms. The lowest BCUT2D eigenvalue weighted by Gasteiger charge is -2.22. The van der Waals surface area contributed by atoms with Crippen LogP contribution in [0.5, 0.6) is 11.5 Å². The van der Waals surface area contributed by atoms with Crippen LogP contribution < -0.4 is 14.8 Å². The number of nitrogens with one attached hydrogen (secondary N) is 1. The molecule has 0 atom stereocenters. The second-order valence-electron chi connectivity index (χ2n) is 7.36. The summed E-state index contributed by atoms with van der Waals surface area (Å²) in [5.41, 5.74) is 1.71. The molecule has 1 aliphatic rings. The van der Waals surface area contributed by atoms with E-state index in [1.807, 2.05) is 44.2 Å². The Morgan fingerprint density at radius 1 is 1.09 bits per heavy atom. The van der Waals surface area contributed by atoms with E-state index in [9.17, 15) is 9.59 Å². The Hall–Kier alpha value is -4.21. The molecule has 0 spiro atoms. The molecule has 1 aliphatic heterocycles. The predicted molar refractivity (Wildman–Crippen MR) is 125 cm³/mol. The number of ether oxygens (including phenoxy) is 2. The normalized spacial score (nSPS) is 13.4. The maximum Gasteiger partial charge on any atom is 0.274 e. The quantitative estimate of drug-likeness (QED) is 0.516. The SMILES string of the molecule is CCOc1ccc(OCC)c(NC(=O)CN2N=C(c3nc(-c4ccccc4)no3)CCC2=O)c1. The molecule has 10 nitrogen and oxygen atoms in total. The standard InChI is InChI=1S/C24H25N5O5/c1-3-32-17-10-12-20(33-4-2)19(14-17)25-21(30)15-29-22(31)13-11-18(27-29)24-26-23(28-34-24)16-8-6-5-7-9-16/h5-10,12,14H,3-4,11,13,15H2,1-2H3,(H,25,30). The highest BCUT2D eigenvalue weighted by Gasteiger charge is 2.26. The van der Waals surface area contributed by atoms with Gasteiger partial charge in [0.1, 0.15) is 23.8 Å². The van der Waals surface area contributed by atoms with Gasteiger partial charge in [-0.05, 0) is 26.0 Å². The molecular weight excluding hydrogens is 438 g/mol. The van der Waals surface area contributed by atoms with Gasteiger partial charge in [0.15, 0.2) is 0 Å². The van der Waals surface area contributed by atoms with Crippen LogP contribution in [0.15, 0.2) is 58.2 Å². The van der Waals surface area contributed by atoms with E-state index in [1.165, 1.54) is 0 Å². The van der Waals surface area contributed by atoms with Crippen molar-refractivity contribution < 1.29 is 23.6 Å². The molecule has 0 saturated carbocycles. The molecule has 0 saturated heterocycles. The largest absolute Gasteiger partial charge is 0.494 e. The zero-order valence-corrected chi connectivity index (χ0v) is 19.0. The molecule has 0 aliphatic carbocycles. The molecule has 0 unspecified atom stereocenters. The highest BCUT2D eigenvalue weighted by molar-refractivity contribution is 6.02. The van der Waals surface area contributed by atoms with Gasteiger partial charge in [-0.1, -0.05) is 35.5 Å². The predicted octanol–water partition coefficient (Wildman–Crippen LogP) is 3.50. The number of carbonyl (C=O) groups is 2. The summed E-state index contributed by atoms with van der Waals surface area (Å²) in [6, 6.07) is 14.6. The van der Waals surface area contributed by atoms with Gasteiger partial charge in [-0.15, -0.1) is 0 Å². The second-order valence-corrected chi connectivity index (χ2v) is 7.36. The topological polar surface area (TPSA) is 119 Å². The maximum absolute atomic E-state index is 12.8. The summed E-state index contributed by atoms with van der Waals surface area (Å²) in [4.78, 5) is 29.6. The first-order chi connectivity index (χ1) is 16.6. The van der Waals surface area contributed by atoms with Gasteiger partial charge in [0.2, 0.25) is 17.6 Å². The molecular formula is C24H25N5O5. The monoisotopic (exact) mass is 463 g/mol. The molecule has 2 heterocycles. The minimum atomic E-state index is -0.427. The first kappa shape index (κ1) is 23.0. The number of carbonyl (C=O) groups excluding carboxylic acids is 2. The minimum Gasteiger partial charge on any atom is -0.494 e. The van der Waals surface area contributed by atoms with Gasteiger partial charge in [0, 0.05) is 24.5 Å². The van der Waals surface area contributed by atoms with Crippen molar-refractivity contribution in [3.8, 4) is 22.9 Å². The van der Waals surface area contributed by atoms with E-state index in [4.69, 9.17) is 14.0 Å². The van der Waals surface area contributed by atoms with Gasteiger partial charge in [-0.2, -0.15) is 10.1 Å². The second kappa shape index (κ2) is 10.6. The third kappa shape index (κ3) is 5.40. The number of hydrazone groups is 1. The van der Waals surface area contributed by atoms with Crippen molar-refractivity contribution in [3.63, 3.8) is 0 Å². The van der Waals surface area contributed by atoms with Gasteiger partial charge in [-0.3, -0.25) is 9.59 Å². The van der Waals surface area contributed by atoms with Crippen LogP contribution in [0.3, 0.4) is 0 Å². The number of hydrogen-bond donors (Lipinski definition) is 1. The van der Waals surface area contributed by atoms with Crippen LogP contribution in [0.1, 0.15) is 32.6 Å². The Morgan fingerprint density at radius 3 is 2.65 bits per heavy atom. The Labute approximate surface area is 196 Å². The third-order valence-corrected chi connectivity index (χ3v) is 4.94. The van der Waals surface area contributed by atoms with Crippen molar-refractivity contribution in [1.82, 2.24) is 15.1 Å². The lowest BCUT2D eigenvalue weighted by Crippen LogP contribution is -2.38. The van der Waals surface area contributed by atoms with E-state index in [2.05, 4.69) is 20.6 Å². The van der Waals surface area contributed by atoms with E-state index in [-0.39, 0.29) is 24.8 Å². The minimum absolute atomic E-state index is 0.180. The van der Waals surface area contributed by atoms with Crippen molar-refractivity contribution in [2.75, 3.05) is 25.1 Å². The molecule has 10 heteroatoms. The van der Waals surface area contributed by atoms with Gasteiger partial charge in [-0.25, -0.2) is 5.01 Å². The van der Waals surface area contributed by atoms with Crippen LogP contribution in [0.2, 0.25) is 0 Å². The van der Waals surface area contributed by atoms with Gasteiger partial charge < -0.3 is 19.3 Å². The van der Waals surface area contributed by atoms with Crippen molar-refractivity contribution in [3.05, 3.63) is 54.4 Å². The Bertz CT molecular complexity index is 1190. The van der Waals surface area contributed by atoms with E-state index < -0.39 is 5.91 Å². The fourth-order valence-corrected chi connectivity index (χ4v) is 3.39. The van der Waals surface area contributed by atoms with E-state index in [0.717, 1.165) is 10.6 Å². The van der Waals surface area contributed by atoms with Crippen molar-refractivity contribution in [2.24, 2.45) is 5.10 Å². The lowest BCUT2D eigenvalue weighted by atomic mass is 10.1. The summed E-state index contributed by atoms with van der Waals surface area (Å²) in [5, 5.41) is 12.2. The number of aromatic nitrogens is 2. The summed E-state index contributed by atoms with van der Waals surface area (Å²) in [5.74, 6) is 1.06. The van der Waals surface area contributed by atoms with Crippen LogP contribution in [-0.2, 0) is 9.59 Å². The third-order valence-electron chi connectivity index (χ3n) is 4.94. The van der Waals surface area contributed by atoms with Gasteiger partial charge >= 0.3 is 0 Å². The molecule has 34 heavy (non-hydrogen) atoms. The fourth-order valence-electron chi connectivity index (χ4n) is 3.39. The van der Waals surface area contributed by atoms with E-state index in [1.54, 1.807) is 18.2 Å². The zero-order valence-electron chi connectivity index (χ0n) is 19.0. The van der Waals surface area contributed by atoms with E-state index in [0.29, 0.717) is 48.4 Å². The number of hydrogen-bond acceptors (Lipinski definition) is 8. The molecule has 2 aromatic carbocycles. The average molecular weight is 463 g/mol. The summed E-state index contributed by atoms with van der Waals surface area (Å²) in [6.07, 6.45) is 0.525.